The molecular formula is C20H30N2O2. The number of ether oxygens (including phenoxy) is 1. The SMILES string of the molecule is CCCN1Cc2cccc(NC(=O)CC3CCCC(OC)C3)c2C1. The third kappa shape index (κ3) is 4.17. The Morgan fingerprint density at radius 3 is 3.00 bits per heavy atom. The lowest BCUT2D eigenvalue weighted by atomic mass is 9.85. The average molecular weight is 330 g/mol. The van der Waals surface area contributed by atoms with E-state index in [-0.39, 0.29) is 5.91 Å². The van der Waals surface area contributed by atoms with Gasteiger partial charge in [-0.2, -0.15) is 0 Å². The Morgan fingerprint density at radius 1 is 1.33 bits per heavy atom. The van der Waals surface area contributed by atoms with Gasteiger partial charge < -0.3 is 10.1 Å². The predicted octanol–water partition coefficient (Wildman–Crippen LogP) is 3.95. The topological polar surface area (TPSA) is 41.6 Å². The molecule has 2 atom stereocenters. The zero-order valence-corrected chi connectivity index (χ0v) is 15.0. The molecule has 1 aliphatic heterocycles. The fraction of sp³-hybridized carbons (Fsp3) is 0.650. The van der Waals surface area contributed by atoms with Crippen molar-refractivity contribution in [1.29, 1.82) is 0 Å². The van der Waals surface area contributed by atoms with Crippen molar-refractivity contribution in [2.75, 3.05) is 19.0 Å². The Balaban J connectivity index is 1.59. The van der Waals surface area contributed by atoms with E-state index in [1.54, 1.807) is 7.11 Å². The molecule has 4 heteroatoms. The van der Waals surface area contributed by atoms with Crippen molar-refractivity contribution in [1.82, 2.24) is 4.90 Å². The first-order valence-corrected chi connectivity index (χ1v) is 9.35. The van der Waals surface area contributed by atoms with Crippen molar-refractivity contribution in [2.45, 2.75) is 64.6 Å². The summed E-state index contributed by atoms with van der Waals surface area (Å²) in [6, 6.07) is 6.29. The van der Waals surface area contributed by atoms with Gasteiger partial charge in [-0.05, 0) is 55.3 Å². The summed E-state index contributed by atoms with van der Waals surface area (Å²) in [6.45, 7) is 5.28. The van der Waals surface area contributed by atoms with Crippen LogP contribution in [0, 0.1) is 5.92 Å². The minimum absolute atomic E-state index is 0.152. The molecule has 0 spiro atoms. The molecule has 0 saturated heterocycles. The summed E-state index contributed by atoms with van der Waals surface area (Å²) in [5.74, 6) is 0.608. The van der Waals surface area contributed by atoms with Gasteiger partial charge in [0.25, 0.3) is 0 Å². The number of amides is 1. The normalized spacial score (nSPS) is 23.9. The summed E-state index contributed by atoms with van der Waals surface area (Å²) < 4.78 is 5.48. The highest BCUT2D eigenvalue weighted by Crippen LogP contribution is 2.31. The van der Waals surface area contributed by atoms with Crippen molar-refractivity contribution in [2.24, 2.45) is 5.92 Å². The van der Waals surface area contributed by atoms with Gasteiger partial charge in [-0.1, -0.05) is 25.5 Å². The van der Waals surface area contributed by atoms with Crippen molar-refractivity contribution in [3.63, 3.8) is 0 Å². The van der Waals surface area contributed by atoms with E-state index in [4.69, 9.17) is 4.74 Å². The zero-order chi connectivity index (χ0) is 16.9. The van der Waals surface area contributed by atoms with Crippen LogP contribution in [-0.4, -0.2) is 30.6 Å². The number of hydrogen-bond donors (Lipinski definition) is 1. The summed E-state index contributed by atoms with van der Waals surface area (Å²) in [5, 5.41) is 3.18. The second-order valence-corrected chi connectivity index (χ2v) is 7.30. The zero-order valence-electron chi connectivity index (χ0n) is 15.0. The molecule has 2 aliphatic rings. The first kappa shape index (κ1) is 17.4. The van der Waals surface area contributed by atoms with Gasteiger partial charge in [-0.15, -0.1) is 0 Å². The van der Waals surface area contributed by atoms with Gasteiger partial charge in [0.2, 0.25) is 5.91 Å². The molecule has 1 amide bonds. The second-order valence-electron chi connectivity index (χ2n) is 7.30. The Kier molecular flexibility index (Phi) is 5.90. The van der Waals surface area contributed by atoms with Crippen LogP contribution in [0.15, 0.2) is 18.2 Å². The van der Waals surface area contributed by atoms with E-state index in [0.29, 0.717) is 18.4 Å². The number of nitrogens with zero attached hydrogens (tertiary/aromatic N) is 1. The summed E-state index contributed by atoms with van der Waals surface area (Å²) >= 11 is 0. The van der Waals surface area contributed by atoms with Crippen LogP contribution >= 0.6 is 0 Å². The molecule has 1 heterocycles. The Labute approximate surface area is 145 Å². The van der Waals surface area contributed by atoms with E-state index >= 15 is 0 Å². The maximum Gasteiger partial charge on any atom is 0.224 e. The summed E-state index contributed by atoms with van der Waals surface area (Å²) in [5.41, 5.74) is 3.67. The van der Waals surface area contributed by atoms with E-state index in [1.807, 2.05) is 6.07 Å². The van der Waals surface area contributed by atoms with E-state index < -0.39 is 0 Å². The smallest absolute Gasteiger partial charge is 0.224 e. The number of benzene rings is 1. The van der Waals surface area contributed by atoms with Crippen molar-refractivity contribution < 1.29 is 9.53 Å². The van der Waals surface area contributed by atoms with E-state index in [9.17, 15) is 4.79 Å². The second kappa shape index (κ2) is 8.13. The number of fused-ring (bicyclic) bond motifs is 1. The molecule has 1 saturated carbocycles. The molecule has 1 fully saturated rings. The van der Waals surface area contributed by atoms with Crippen molar-refractivity contribution >= 4 is 11.6 Å². The monoisotopic (exact) mass is 330 g/mol. The predicted molar refractivity (Wildman–Crippen MR) is 96.8 cm³/mol. The standard InChI is InChI=1S/C20H30N2O2/c1-3-10-22-13-16-7-5-9-19(18(16)14-22)21-20(23)12-15-6-4-8-17(11-15)24-2/h5,7,9,15,17H,3-4,6,8,10-14H2,1-2H3,(H,21,23). The highest BCUT2D eigenvalue weighted by Gasteiger charge is 2.25. The first-order chi connectivity index (χ1) is 11.7. The Morgan fingerprint density at radius 2 is 2.21 bits per heavy atom. The first-order valence-electron chi connectivity index (χ1n) is 9.35. The molecule has 24 heavy (non-hydrogen) atoms. The minimum atomic E-state index is 0.152. The molecule has 1 aromatic rings. The minimum Gasteiger partial charge on any atom is -0.381 e. The molecule has 3 rings (SSSR count). The van der Waals surface area contributed by atoms with Gasteiger partial charge in [0.1, 0.15) is 0 Å². The third-order valence-corrected chi connectivity index (χ3v) is 5.40. The molecule has 4 nitrogen and oxygen atoms in total. The maximum atomic E-state index is 12.5. The molecule has 1 aromatic carbocycles. The van der Waals surface area contributed by atoms with Crippen molar-refractivity contribution in [3.05, 3.63) is 29.3 Å². The molecule has 1 N–H and O–H groups in total. The van der Waals surface area contributed by atoms with Gasteiger partial charge in [0, 0.05) is 32.3 Å². The van der Waals surface area contributed by atoms with Crippen LogP contribution < -0.4 is 5.32 Å². The van der Waals surface area contributed by atoms with Crippen LogP contribution in [-0.2, 0) is 22.6 Å². The number of nitrogens with one attached hydrogen (secondary N) is 1. The Hall–Kier alpha value is -1.39. The van der Waals surface area contributed by atoms with Crippen LogP contribution in [0.3, 0.4) is 0 Å². The number of rotatable bonds is 6. The van der Waals surface area contributed by atoms with Crippen LogP contribution in [0.2, 0.25) is 0 Å². The lowest BCUT2D eigenvalue weighted by molar-refractivity contribution is -0.117. The van der Waals surface area contributed by atoms with E-state index in [1.165, 1.54) is 17.5 Å². The molecule has 0 aromatic heterocycles. The van der Waals surface area contributed by atoms with E-state index in [2.05, 4.69) is 29.3 Å². The van der Waals surface area contributed by atoms with E-state index in [0.717, 1.165) is 51.0 Å². The molecule has 0 radical (unpaired) electrons. The fourth-order valence-corrected chi connectivity index (χ4v) is 4.19. The highest BCUT2D eigenvalue weighted by molar-refractivity contribution is 5.92. The van der Waals surface area contributed by atoms with Gasteiger partial charge in [0.15, 0.2) is 0 Å². The van der Waals surface area contributed by atoms with Gasteiger partial charge in [0.05, 0.1) is 6.10 Å². The van der Waals surface area contributed by atoms with Gasteiger partial charge >= 0.3 is 0 Å². The van der Waals surface area contributed by atoms with Crippen LogP contribution in [0.5, 0.6) is 0 Å². The number of carbonyl (C=O) groups is 1. The average Bonchev–Trinajstić information content (AvgIpc) is 2.99. The largest absolute Gasteiger partial charge is 0.381 e. The molecular weight excluding hydrogens is 300 g/mol. The number of carbonyl (C=O) groups excluding carboxylic acids is 1. The number of anilines is 1. The summed E-state index contributed by atoms with van der Waals surface area (Å²) in [4.78, 5) is 15.0. The van der Waals surface area contributed by atoms with Crippen LogP contribution in [0.1, 0.15) is 56.6 Å². The summed E-state index contributed by atoms with van der Waals surface area (Å²) in [6.07, 6.45) is 6.57. The quantitative estimate of drug-likeness (QED) is 0.859. The molecule has 1 aliphatic carbocycles. The summed E-state index contributed by atoms with van der Waals surface area (Å²) in [7, 11) is 1.78. The lowest BCUT2D eigenvalue weighted by Crippen LogP contribution is -2.25. The maximum absolute atomic E-state index is 12.5. The van der Waals surface area contributed by atoms with Crippen LogP contribution in [0.25, 0.3) is 0 Å². The van der Waals surface area contributed by atoms with Crippen molar-refractivity contribution in [3.8, 4) is 0 Å². The third-order valence-electron chi connectivity index (χ3n) is 5.40. The van der Waals surface area contributed by atoms with Gasteiger partial charge in [-0.3, -0.25) is 9.69 Å². The Bertz CT molecular complexity index is 573. The molecule has 132 valence electrons. The lowest BCUT2D eigenvalue weighted by Gasteiger charge is -2.27. The number of methoxy groups -OCH3 is 1. The highest BCUT2D eigenvalue weighted by atomic mass is 16.5. The molecule has 0 bridgehead atoms. The molecule has 2 unspecified atom stereocenters. The number of hydrogen-bond acceptors (Lipinski definition) is 3. The van der Waals surface area contributed by atoms with Gasteiger partial charge in [-0.25, -0.2) is 0 Å². The van der Waals surface area contributed by atoms with Crippen LogP contribution in [0.4, 0.5) is 5.69 Å². The fourth-order valence-electron chi connectivity index (χ4n) is 4.19.